The predicted molar refractivity (Wildman–Crippen MR) is 78.9 cm³/mol. The van der Waals surface area contributed by atoms with Crippen LogP contribution in [0.25, 0.3) is 0 Å². The number of nitrogens with one attached hydrogen (secondary N) is 1. The van der Waals surface area contributed by atoms with Crippen molar-refractivity contribution in [2.45, 2.75) is 38.3 Å². The van der Waals surface area contributed by atoms with Crippen molar-refractivity contribution in [1.82, 2.24) is 5.32 Å². The molecule has 100 valence electrons. The van der Waals surface area contributed by atoms with Gasteiger partial charge in [-0.25, -0.2) is 0 Å². The average Bonchev–Trinajstić information content (AvgIpc) is 2.28. The number of hydrogen-bond donors (Lipinski definition) is 2. The summed E-state index contributed by atoms with van der Waals surface area (Å²) in [4.78, 5) is 0. The van der Waals surface area contributed by atoms with Gasteiger partial charge in [-0.3, -0.25) is 0 Å². The van der Waals surface area contributed by atoms with Crippen LogP contribution in [-0.4, -0.2) is 17.7 Å². The lowest BCUT2D eigenvalue weighted by Gasteiger charge is -2.39. The summed E-state index contributed by atoms with van der Waals surface area (Å²) in [6, 6.07) is 5.70. The smallest absolute Gasteiger partial charge is 0.103 e. The Morgan fingerprint density at radius 3 is 2.83 bits per heavy atom. The molecule has 2 nitrogen and oxygen atoms in total. The number of aliphatic hydroxyl groups is 1. The second kappa shape index (κ2) is 5.49. The van der Waals surface area contributed by atoms with Gasteiger partial charge in [0.15, 0.2) is 0 Å². The molecular weight excluding hydrogens is 314 g/mol. The fourth-order valence-corrected chi connectivity index (χ4v) is 3.49. The SMILES string of the molecule is CC1CCNC(C(C)(O)c2ccc(Br)cc2Cl)C1. The van der Waals surface area contributed by atoms with E-state index in [1.165, 1.54) is 6.42 Å². The summed E-state index contributed by atoms with van der Waals surface area (Å²) in [5.41, 5.74) is -0.147. The van der Waals surface area contributed by atoms with Crippen LogP contribution >= 0.6 is 27.5 Å². The first-order valence-electron chi connectivity index (χ1n) is 6.32. The van der Waals surface area contributed by atoms with Crippen LogP contribution < -0.4 is 5.32 Å². The molecule has 2 N–H and O–H groups in total. The van der Waals surface area contributed by atoms with Crippen LogP contribution in [0.2, 0.25) is 5.02 Å². The van der Waals surface area contributed by atoms with Crippen LogP contribution in [-0.2, 0) is 5.60 Å². The summed E-state index contributed by atoms with van der Waals surface area (Å²) in [5.74, 6) is 0.636. The molecule has 3 unspecified atom stereocenters. The first kappa shape index (κ1) is 14.3. The van der Waals surface area contributed by atoms with Crippen molar-refractivity contribution in [3.8, 4) is 0 Å². The number of benzene rings is 1. The van der Waals surface area contributed by atoms with Crippen molar-refractivity contribution >= 4 is 27.5 Å². The highest BCUT2D eigenvalue weighted by molar-refractivity contribution is 9.10. The molecule has 0 aliphatic carbocycles. The van der Waals surface area contributed by atoms with Crippen LogP contribution in [0.15, 0.2) is 22.7 Å². The minimum Gasteiger partial charge on any atom is -0.384 e. The molecule has 1 aliphatic heterocycles. The van der Waals surface area contributed by atoms with E-state index in [1.807, 2.05) is 25.1 Å². The Labute approximate surface area is 122 Å². The summed E-state index contributed by atoms with van der Waals surface area (Å²) in [6.07, 6.45) is 2.14. The summed E-state index contributed by atoms with van der Waals surface area (Å²) in [7, 11) is 0. The third kappa shape index (κ3) is 2.90. The minimum absolute atomic E-state index is 0.0555. The summed E-state index contributed by atoms with van der Waals surface area (Å²) >= 11 is 9.64. The number of rotatable bonds is 2. The van der Waals surface area contributed by atoms with Gasteiger partial charge in [-0.05, 0) is 44.4 Å². The van der Waals surface area contributed by atoms with E-state index in [0.717, 1.165) is 23.0 Å². The lowest BCUT2D eigenvalue weighted by atomic mass is 9.80. The molecule has 2 rings (SSSR count). The van der Waals surface area contributed by atoms with E-state index >= 15 is 0 Å². The topological polar surface area (TPSA) is 32.3 Å². The molecule has 1 saturated heterocycles. The Kier molecular flexibility index (Phi) is 4.37. The predicted octanol–water partition coefficient (Wildman–Crippen LogP) is 3.70. The van der Waals surface area contributed by atoms with Crippen molar-refractivity contribution in [3.63, 3.8) is 0 Å². The Morgan fingerprint density at radius 1 is 1.50 bits per heavy atom. The Morgan fingerprint density at radius 2 is 2.22 bits per heavy atom. The summed E-state index contributed by atoms with van der Waals surface area (Å²) in [6.45, 7) is 5.03. The molecule has 1 heterocycles. The van der Waals surface area contributed by atoms with E-state index in [0.29, 0.717) is 10.9 Å². The van der Waals surface area contributed by atoms with Gasteiger partial charge in [0.2, 0.25) is 0 Å². The lowest BCUT2D eigenvalue weighted by molar-refractivity contribution is -0.00132. The third-order valence-electron chi connectivity index (χ3n) is 3.82. The van der Waals surface area contributed by atoms with E-state index < -0.39 is 5.60 Å². The molecule has 0 amide bonds. The largest absolute Gasteiger partial charge is 0.384 e. The molecule has 0 bridgehead atoms. The zero-order valence-electron chi connectivity index (χ0n) is 10.7. The normalized spacial score (nSPS) is 27.8. The van der Waals surface area contributed by atoms with E-state index in [1.54, 1.807) is 0 Å². The second-order valence-corrected chi connectivity index (χ2v) is 6.73. The molecular formula is C14H19BrClNO. The molecule has 1 aromatic carbocycles. The van der Waals surface area contributed by atoms with Crippen LogP contribution in [0.4, 0.5) is 0 Å². The average molecular weight is 333 g/mol. The van der Waals surface area contributed by atoms with Gasteiger partial charge < -0.3 is 10.4 Å². The van der Waals surface area contributed by atoms with Crippen molar-refractivity contribution in [2.24, 2.45) is 5.92 Å². The van der Waals surface area contributed by atoms with Crippen molar-refractivity contribution in [1.29, 1.82) is 0 Å². The van der Waals surface area contributed by atoms with Crippen LogP contribution in [0.5, 0.6) is 0 Å². The fraction of sp³-hybridized carbons (Fsp3) is 0.571. The maximum Gasteiger partial charge on any atom is 0.103 e. The monoisotopic (exact) mass is 331 g/mol. The second-order valence-electron chi connectivity index (χ2n) is 5.41. The highest BCUT2D eigenvalue weighted by Gasteiger charge is 2.37. The summed E-state index contributed by atoms with van der Waals surface area (Å²) < 4.78 is 0.928. The Hall–Kier alpha value is -0.0900. The molecule has 0 spiro atoms. The van der Waals surface area contributed by atoms with E-state index in [-0.39, 0.29) is 6.04 Å². The fourth-order valence-electron chi connectivity index (χ4n) is 2.62. The third-order valence-corrected chi connectivity index (χ3v) is 4.63. The van der Waals surface area contributed by atoms with Crippen LogP contribution in [0, 0.1) is 5.92 Å². The molecule has 4 heteroatoms. The van der Waals surface area contributed by atoms with Gasteiger partial charge in [-0.2, -0.15) is 0 Å². The molecule has 1 aliphatic rings. The quantitative estimate of drug-likeness (QED) is 0.865. The van der Waals surface area contributed by atoms with Gasteiger partial charge in [-0.15, -0.1) is 0 Å². The van der Waals surface area contributed by atoms with E-state index in [9.17, 15) is 5.11 Å². The van der Waals surface area contributed by atoms with Gasteiger partial charge in [0, 0.05) is 21.1 Å². The molecule has 1 aromatic rings. The minimum atomic E-state index is -0.938. The summed E-state index contributed by atoms with van der Waals surface area (Å²) in [5, 5.41) is 14.9. The molecule has 1 fully saturated rings. The van der Waals surface area contributed by atoms with Gasteiger partial charge in [-0.1, -0.05) is 40.5 Å². The number of hydrogen-bond acceptors (Lipinski definition) is 2. The van der Waals surface area contributed by atoms with Crippen LogP contribution in [0.3, 0.4) is 0 Å². The maximum absolute atomic E-state index is 10.8. The lowest BCUT2D eigenvalue weighted by Crippen LogP contribution is -2.50. The molecule has 18 heavy (non-hydrogen) atoms. The molecule has 0 radical (unpaired) electrons. The number of halogens is 2. The highest BCUT2D eigenvalue weighted by Crippen LogP contribution is 2.36. The van der Waals surface area contributed by atoms with Crippen LogP contribution in [0.1, 0.15) is 32.3 Å². The Bertz CT molecular complexity index is 436. The van der Waals surface area contributed by atoms with Gasteiger partial charge in [0.05, 0.1) is 0 Å². The van der Waals surface area contributed by atoms with Gasteiger partial charge in [0.25, 0.3) is 0 Å². The van der Waals surface area contributed by atoms with E-state index in [2.05, 4.69) is 28.2 Å². The number of piperidine rings is 1. The zero-order chi connectivity index (χ0) is 13.3. The Balaban J connectivity index is 2.28. The molecule has 3 atom stereocenters. The first-order chi connectivity index (χ1) is 8.41. The maximum atomic E-state index is 10.8. The van der Waals surface area contributed by atoms with E-state index in [4.69, 9.17) is 11.6 Å². The zero-order valence-corrected chi connectivity index (χ0v) is 13.1. The molecule has 0 saturated carbocycles. The van der Waals surface area contributed by atoms with Crippen molar-refractivity contribution < 1.29 is 5.11 Å². The standard InChI is InChI=1S/C14H19BrClNO/c1-9-5-6-17-13(7-9)14(2,18)11-4-3-10(15)8-12(11)16/h3-4,8-9,13,17-18H,5-7H2,1-2H3. The van der Waals surface area contributed by atoms with Gasteiger partial charge >= 0.3 is 0 Å². The van der Waals surface area contributed by atoms with Gasteiger partial charge in [0.1, 0.15) is 5.60 Å². The van der Waals surface area contributed by atoms with Crippen molar-refractivity contribution in [2.75, 3.05) is 6.54 Å². The molecule has 0 aromatic heterocycles. The van der Waals surface area contributed by atoms with Crippen molar-refractivity contribution in [3.05, 3.63) is 33.3 Å². The highest BCUT2D eigenvalue weighted by atomic mass is 79.9. The first-order valence-corrected chi connectivity index (χ1v) is 7.49.